The number of hydrogen-bond acceptors (Lipinski definition) is 6. The van der Waals surface area contributed by atoms with Crippen molar-refractivity contribution in [3.05, 3.63) is 53.9 Å². The molecular weight excluding hydrogens is 460 g/mol. The Labute approximate surface area is 210 Å². The number of esters is 1. The second-order valence-corrected chi connectivity index (χ2v) is 9.66. The van der Waals surface area contributed by atoms with Crippen LogP contribution >= 0.6 is 0 Å². The highest BCUT2D eigenvalue weighted by molar-refractivity contribution is 6.10. The van der Waals surface area contributed by atoms with Gasteiger partial charge in [0.15, 0.2) is 0 Å². The zero-order valence-corrected chi connectivity index (χ0v) is 21.1. The minimum absolute atomic E-state index is 0.0986. The minimum Gasteiger partial charge on any atom is -0.462 e. The van der Waals surface area contributed by atoms with Gasteiger partial charge in [-0.2, -0.15) is 5.10 Å². The van der Waals surface area contributed by atoms with Crippen LogP contribution in [0.4, 0.5) is 5.69 Å². The predicted molar refractivity (Wildman–Crippen MR) is 133 cm³/mol. The van der Waals surface area contributed by atoms with Gasteiger partial charge in [0.2, 0.25) is 17.7 Å². The molecule has 0 bridgehead atoms. The van der Waals surface area contributed by atoms with Crippen molar-refractivity contribution in [1.29, 1.82) is 0 Å². The lowest BCUT2D eigenvalue weighted by molar-refractivity contribution is -0.147. The van der Waals surface area contributed by atoms with E-state index in [1.807, 2.05) is 26.0 Å². The maximum absolute atomic E-state index is 13.5. The van der Waals surface area contributed by atoms with E-state index in [2.05, 4.69) is 10.4 Å². The average molecular weight is 493 g/mol. The number of carbonyl (C=O) groups is 4. The summed E-state index contributed by atoms with van der Waals surface area (Å²) in [7, 11) is 0. The van der Waals surface area contributed by atoms with E-state index in [1.165, 1.54) is 11.1 Å². The van der Waals surface area contributed by atoms with E-state index in [0.29, 0.717) is 41.9 Å². The Hall–Kier alpha value is -3.75. The van der Waals surface area contributed by atoms with Crippen molar-refractivity contribution in [2.75, 3.05) is 11.9 Å². The van der Waals surface area contributed by atoms with Crippen LogP contribution in [0.2, 0.25) is 0 Å². The van der Waals surface area contributed by atoms with E-state index in [1.54, 1.807) is 42.8 Å². The molecule has 1 fully saturated rings. The molecule has 36 heavy (non-hydrogen) atoms. The lowest BCUT2D eigenvalue weighted by atomic mass is 9.85. The summed E-state index contributed by atoms with van der Waals surface area (Å²) < 4.78 is 6.68. The fraction of sp³-hybridized carbons (Fsp3) is 0.444. The van der Waals surface area contributed by atoms with Crippen LogP contribution in [-0.4, -0.2) is 51.0 Å². The first-order chi connectivity index (χ1) is 17.2. The molecule has 0 saturated carbocycles. The first kappa shape index (κ1) is 25.3. The van der Waals surface area contributed by atoms with Crippen LogP contribution in [0.5, 0.6) is 0 Å². The van der Waals surface area contributed by atoms with Gasteiger partial charge in [0.1, 0.15) is 11.6 Å². The molecule has 190 valence electrons. The van der Waals surface area contributed by atoms with Gasteiger partial charge in [-0.3, -0.25) is 19.3 Å². The van der Waals surface area contributed by atoms with E-state index in [0.717, 1.165) is 0 Å². The number of anilines is 1. The quantitative estimate of drug-likeness (QED) is 0.342. The molecule has 0 spiro atoms. The standard InChI is InChI=1S/C27H32N4O5/c1-5-36-27(35)22-15-28-31(17(22)4)19-10-8-9-18(14-19)29-24(32)23(13-16(2)3)30-25(33)20-11-6-7-12-21(20)26(30)34/h6-10,14-16,20-21,23H,5,11-13H2,1-4H3,(H,29,32)/t20-,21-,23-/m0/s1. The van der Waals surface area contributed by atoms with Gasteiger partial charge in [0, 0.05) is 5.69 Å². The third-order valence-corrected chi connectivity index (χ3v) is 6.71. The predicted octanol–water partition coefficient (Wildman–Crippen LogP) is 3.66. The lowest BCUT2D eigenvalue weighted by Crippen LogP contribution is -2.48. The first-order valence-electron chi connectivity index (χ1n) is 12.4. The Kier molecular flexibility index (Phi) is 7.37. The zero-order valence-electron chi connectivity index (χ0n) is 21.1. The third-order valence-electron chi connectivity index (χ3n) is 6.71. The van der Waals surface area contributed by atoms with Gasteiger partial charge in [-0.15, -0.1) is 0 Å². The van der Waals surface area contributed by atoms with Gasteiger partial charge in [-0.25, -0.2) is 9.48 Å². The van der Waals surface area contributed by atoms with Gasteiger partial charge in [-0.1, -0.05) is 32.1 Å². The Morgan fingerprint density at radius 2 is 1.81 bits per heavy atom. The second kappa shape index (κ2) is 10.5. The number of carbonyl (C=O) groups excluding carboxylic acids is 4. The van der Waals surface area contributed by atoms with Crippen molar-refractivity contribution < 1.29 is 23.9 Å². The highest BCUT2D eigenvalue weighted by Crippen LogP contribution is 2.37. The second-order valence-electron chi connectivity index (χ2n) is 9.66. The topological polar surface area (TPSA) is 111 Å². The van der Waals surface area contributed by atoms with Crippen LogP contribution < -0.4 is 5.32 Å². The summed E-state index contributed by atoms with van der Waals surface area (Å²) in [4.78, 5) is 53.1. The number of fused-ring (bicyclic) bond motifs is 1. The summed E-state index contributed by atoms with van der Waals surface area (Å²) in [6.07, 6.45) is 6.75. The minimum atomic E-state index is -0.888. The highest BCUT2D eigenvalue weighted by Gasteiger charge is 2.51. The van der Waals surface area contributed by atoms with Crippen molar-refractivity contribution in [3.8, 4) is 5.69 Å². The number of nitrogens with one attached hydrogen (secondary N) is 1. The van der Waals surface area contributed by atoms with Gasteiger partial charge in [0.25, 0.3) is 0 Å². The normalized spacial score (nSPS) is 20.0. The number of hydrogen-bond donors (Lipinski definition) is 1. The largest absolute Gasteiger partial charge is 0.462 e. The molecule has 9 heteroatoms. The lowest BCUT2D eigenvalue weighted by Gasteiger charge is -2.27. The molecule has 0 unspecified atom stereocenters. The molecule has 3 amide bonds. The Balaban J connectivity index is 1.57. The van der Waals surface area contributed by atoms with Crippen molar-refractivity contribution in [3.63, 3.8) is 0 Å². The molecular formula is C27H32N4O5. The van der Waals surface area contributed by atoms with Gasteiger partial charge in [-0.05, 0) is 57.2 Å². The number of aromatic nitrogens is 2. The fourth-order valence-electron chi connectivity index (χ4n) is 4.93. The summed E-state index contributed by atoms with van der Waals surface area (Å²) in [5, 5.41) is 7.20. The molecule has 1 aliphatic heterocycles. The van der Waals surface area contributed by atoms with Crippen LogP contribution in [0.15, 0.2) is 42.6 Å². The molecule has 2 heterocycles. The van der Waals surface area contributed by atoms with Crippen LogP contribution in [0, 0.1) is 24.7 Å². The van der Waals surface area contributed by atoms with Gasteiger partial charge < -0.3 is 10.1 Å². The Morgan fingerprint density at radius 1 is 1.14 bits per heavy atom. The number of likely N-dealkylation sites (tertiary alicyclic amines) is 1. The first-order valence-corrected chi connectivity index (χ1v) is 12.4. The molecule has 1 N–H and O–H groups in total. The highest BCUT2D eigenvalue weighted by atomic mass is 16.5. The van der Waals surface area contributed by atoms with Crippen molar-refractivity contribution >= 4 is 29.4 Å². The number of ether oxygens (including phenoxy) is 1. The maximum Gasteiger partial charge on any atom is 0.341 e. The van der Waals surface area contributed by atoms with Gasteiger partial charge >= 0.3 is 5.97 Å². The molecule has 0 radical (unpaired) electrons. The van der Waals surface area contributed by atoms with Crippen LogP contribution in [0.3, 0.4) is 0 Å². The van der Waals surface area contributed by atoms with Crippen LogP contribution in [0.25, 0.3) is 5.69 Å². The summed E-state index contributed by atoms with van der Waals surface area (Å²) in [6.45, 7) is 7.69. The molecule has 1 saturated heterocycles. The number of nitrogens with zero attached hydrogens (tertiary/aromatic N) is 3. The average Bonchev–Trinajstić information content (AvgIpc) is 3.35. The summed E-state index contributed by atoms with van der Waals surface area (Å²) in [5.74, 6) is -2.04. The monoisotopic (exact) mass is 492 g/mol. The molecule has 2 aromatic rings. The number of allylic oxidation sites excluding steroid dienone is 2. The summed E-state index contributed by atoms with van der Waals surface area (Å²) in [5.41, 5.74) is 2.12. The number of amides is 3. The van der Waals surface area contributed by atoms with E-state index in [4.69, 9.17) is 4.74 Å². The summed E-state index contributed by atoms with van der Waals surface area (Å²) in [6, 6.07) is 6.15. The summed E-state index contributed by atoms with van der Waals surface area (Å²) >= 11 is 0. The van der Waals surface area contributed by atoms with Crippen LogP contribution in [-0.2, 0) is 19.1 Å². The number of imide groups is 1. The third kappa shape index (κ3) is 4.82. The van der Waals surface area contributed by atoms with E-state index in [9.17, 15) is 19.2 Å². The molecule has 3 atom stereocenters. The molecule has 1 aromatic carbocycles. The number of rotatable bonds is 8. The Bertz CT molecular complexity index is 1190. The van der Waals surface area contributed by atoms with Crippen molar-refractivity contribution in [1.82, 2.24) is 14.7 Å². The van der Waals surface area contributed by atoms with Crippen molar-refractivity contribution in [2.45, 2.75) is 53.0 Å². The molecule has 1 aromatic heterocycles. The van der Waals surface area contributed by atoms with E-state index >= 15 is 0 Å². The number of benzene rings is 1. The van der Waals surface area contributed by atoms with Crippen LogP contribution in [0.1, 0.15) is 56.1 Å². The van der Waals surface area contributed by atoms with Gasteiger partial charge in [0.05, 0.1) is 36.0 Å². The SMILES string of the molecule is CCOC(=O)c1cnn(-c2cccc(NC(=O)[C@H](CC(C)C)N3C(=O)[C@H]4CC=CC[C@@H]4C3=O)c2)c1C. The molecule has 9 nitrogen and oxygen atoms in total. The van der Waals surface area contributed by atoms with Crippen molar-refractivity contribution in [2.24, 2.45) is 17.8 Å². The zero-order chi connectivity index (χ0) is 26.0. The molecule has 4 rings (SSSR count). The molecule has 2 aliphatic rings. The van der Waals surface area contributed by atoms with E-state index < -0.39 is 17.9 Å². The Morgan fingerprint density at radius 3 is 2.42 bits per heavy atom. The molecule has 1 aliphatic carbocycles. The van der Waals surface area contributed by atoms with E-state index in [-0.39, 0.29) is 36.2 Å². The smallest absolute Gasteiger partial charge is 0.341 e. The fourth-order valence-corrected chi connectivity index (χ4v) is 4.93. The maximum atomic E-state index is 13.5.